The predicted octanol–water partition coefficient (Wildman–Crippen LogP) is 4.33. The Hall–Kier alpha value is -3.62. The topological polar surface area (TPSA) is 64.9 Å². The number of alkyl halides is 3. The van der Waals surface area contributed by atoms with Crippen molar-refractivity contribution in [2.45, 2.75) is 12.9 Å². The highest BCUT2D eigenvalue weighted by molar-refractivity contribution is 5.89. The Morgan fingerprint density at radius 1 is 1.04 bits per heavy atom. The van der Waals surface area contributed by atoms with Crippen molar-refractivity contribution in [2.24, 2.45) is 0 Å². The highest BCUT2D eigenvalue weighted by atomic mass is 19.4. The molecule has 9 heteroatoms. The van der Waals surface area contributed by atoms with Crippen LogP contribution in [-0.4, -0.2) is 25.9 Å². The van der Waals surface area contributed by atoms with Gasteiger partial charge in [-0.2, -0.15) is 4.98 Å². The summed E-state index contributed by atoms with van der Waals surface area (Å²) in [7, 11) is 0. The molecule has 28 heavy (non-hydrogen) atoms. The number of fused-ring (bicyclic) bond motifs is 1. The van der Waals surface area contributed by atoms with Crippen molar-refractivity contribution in [3.8, 4) is 11.7 Å². The van der Waals surface area contributed by atoms with Crippen molar-refractivity contribution < 1.29 is 17.9 Å². The lowest BCUT2D eigenvalue weighted by Gasteiger charge is -2.12. The SMILES string of the molecule is FC(F)(F)Oc1cccc(CNc2nc(-n3ccnc3)nc3ccccc23)c1. The molecular weight excluding hydrogens is 371 g/mol. The van der Waals surface area contributed by atoms with E-state index in [1.807, 2.05) is 24.3 Å². The molecule has 0 radical (unpaired) electrons. The molecule has 0 unspecified atom stereocenters. The van der Waals surface area contributed by atoms with Crippen LogP contribution in [-0.2, 0) is 6.54 Å². The maximum Gasteiger partial charge on any atom is 0.573 e. The number of imidazole rings is 1. The molecule has 0 atom stereocenters. The molecule has 0 aliphatic rings. The molecule has 0 fully saturated rings. The molecule has 2 heterocycles. The number of hydrogen-bond acceptors (Lipinski definition) is 5. The first-order valence-electron chi connectivity index (χ1n) is 8.32. The number of hydrogen-bond donors (Lipinski definition) is 1. The number of nitrogens with one attached hydrogen (secondary N) is 1. The van der Waals surface area contributed by atoms with Gasteiger partial charge in [0.1, 0.15) is 17.9 Å². The monoisotopic (exact) mass is 385 g/mol. The Bertz CT molecular complexity index is 1100. The van der Waals surface area contributed by atoms with Crippen LogP contribution in [0.25, 0.3) is 16.9 Å². The molecule has 142 valence electrons. The van der Waals surface area contributed by atoms with Gasteiger partial charge in [-0.1, -0.05) is 24.3 Å². The first kappa shape index (κ1) is 17.8. The van der Waals surface area contributed by atoms with E-state index in [1.54, 1.807) is 29.4 Å². The van der Waals surface area contributed by atoms with Crippen LogP contribution < -0.4 is 10.1 Å². The second-order valence-corrected chi connectivity index (χ2v) is 5.91. The van der Waals surface area contributed by atoms with E-state index >= 15 is 0 Å². The minimum absolute atomic E-state index is 0.263. The largest absolute Gasteiger partial charge is 0.573 e. The lowest BCUT2D eigenvalue weighted by Crippen LogP contribution is -2.17. The average molecular weight is 385 g/mol. The summed E-state index contributed by atoms with van der Waals surface area (Å²) in [6, 6.07) is 13.3. The van der Waals surface area contributed by atoms with Gasteiger partial charge < -0.3 is 10.1 Å². The number of rotatable bonds is 5. The summed E-state index contributed by atoms with van der Waals surface area (Å²) >= 11 is 0. The summed E-state index contributed by atoms with van der Waals surface area (Å²) in [5.41, 5.74) is 1.35. The zero-order valence-electron chi connectivity index (χ0n) is 14.4. The number of halogens is 3. The number of aromatic nitrogens is 4. The van der Waals surface area contributed by atoms with Crippen molar-refractivity contribution in [3.05, 3.63) is 72.8 Å². The van der Waals surface area contributed by atoms with Gasteiger partial charge in [0, 0.05) is 24.3 Å². The summed E-state index contributed by atoms with van der Waals surface area (Å²) in [6.45, 7) is 0.263. The van der Waals surface area contributed by atoms with Crippen LogP contribution in [0.4, 0.5) is 19.0 Å². The fraction of sp³-hybridized carbons (Fsp3) is 0.105. The number of ether oxygens (including phenoxy) is 1. The van der Waals surface area contributed by atoms with Crippen molar-refractivity contribution in [1.29, 1.82) is 0 Å². The summed E-state index contributed by atoms with van der Waals surface area (Å²) in [5, 5.41) is 3.97. The fourth-order valence-corrected chi connectivity index (χ4v) is 2.73. The van der Waals surface area contributed by atoms with Crippen LogP contribution in [0.5, 0.6) is 5.75 Å². The number of anilines is 1. The van der Waals surface area contributed by atoms with Gasteiger partial charge in [0.25, 0.3) is 0 Å². The van der Waals surface area contributed by atoms with Gasteiger partial charge in [0.05, 0.1) is 5.52 Å². The smallest absolute Gasteiger partial charge is 0.406 e. The highest BCUT2D eigenvalue weighted by Gasteiger charge is 2.31. The molecule has 0 aliphatic carbocycles. The Labute approximate surface area is 157 Å². The number of para-hydroxylation sites is 1. The van der Waals surface area contributed by atoms with Crippen molar-refractivity contribution >= 4 is 16.7 Å². The van der Waals surface area contributed by atoms with E-state index in [-0.39, 0.29) is 12.3 Å². The summed E-state index contributed by atoms with van der Waals surface area (Å²) in [6.07, 6.45) is 0.212. The van der Waals surface area contributed by atoms with E-state index in [2.05, 4.69) is 25.0 Å². The Balaban J connectivity index is 1.62. The van der Waals surface area contributed by atoms with Gasteiger partial charge in [0.2, 0.25) is 5.95 Å². The van der Waals surface area contributed by atoms with E-state index in [9.17, 15) is 13.2 Å². The van der Waals surface area contributed by atoms with Crippen molar-refractivity contribution in [3.63, 3.8) is 0 Å². The predicted molar refractivity (Wildman–Crippen MR) is 97.1 cm³/mol. The highest BCUT2D eigenvalue weighted by Crippen LogP contribution is 2.25. The molecule has 0 aliphatic heterocycles. The lowest BCUT2D eigenvalue weighted by molar-refractivity contribution is -0.274. The Kier molecular flexibility index (Phi) is 4.56. The van der Waals surface area contributed by atoms with Gasteiger partial charge in [-0.15, -0.1) is 13.2 Å². The zero-order chi connectivity index (χ0) is 19.6. The third-order valence-corrected chi connectivity index (χ3v) is 3.92. The minimum Gasteiger partial charge on any atom is -0.406 e. The molecule has 2 aromatic carbocycles. The molecule has 0 saturated heterocycles. The van der Waals surface area contributed by atoms with Gasteiger partial charge in [-0.25, -0.2) is 9.97 Å². The third kappa shape index (κ3) is 4.03. The molecular formula is C19H14F3N5O. The van der Waals surface area contributed by atoms with E-state index in [1.165, 1.54) is 18.2 Å². The van der Waals surface area contributed by atoms with Crippen molar-refractivity contribution in [2.75, 3.05) is 5.32 Å². The van der Waals surface area contributed by atoms with Crippen LogP contribution in [0.3, 0.4) is 0 Å². The molecule has 6 nitrogen and oxygen atoms in total. The summed E-state index contributed by atoms with van der Waals surface area (Å²) in [5.74, 6) is 0.739. The quantitative estimate of drug-likeness (QED) is 0.554. The second kappa shape index (κ2) is 7.18. The van der Waals surface area contributed by atoms with Crippen molar-refractivity contribution in [1.82, 2.24) is 19.5 Å². The van der Waals surface area contributed by atoms with Crippen LogP contribution in [0.15, 0.2) is 67.3 Å². The Morgan fingerprint density at radius 3 is 2.68 bits per heavy atom. The molecule has 2 aromatic heterocycles. The van der Waals surface area contributed by atoms with E-state index in [4.69, 9.17) is 0 Å². The lowest BCUT2D eigenvalue weighted by atomic mass is 10.2. The van der Waals surface area contributed by atoms with Crippen LogP contribution in [0, 0.1) is 0 Å². The van der Waals surface area contributed by atoms with Gasteiger partial charge in [0.15, 0.2) is 0 Å². The van der Waals surface area contributed by atoms with E-state index < -0.39 is 6.36 Å². The van der Waals surface area contributed by atoms with E-state index in [0.29, 0.717) is 17.3 Å². The molecule has 0 bridgehead atoms. The molecule has 0 saturated carbocycles. The molecule has 0 spiro atoms. The Morgan fingerprint density at radius 2 is 1.89 bits per heavy atom. The molecule has 0 amide bonds. The molecule has 4 rings (SSSR count). The zero-order valence-corrected chi connectivity index (χ0v) is 14.4. The second-order valence-electron chi connectivity index (χ2n) is 5.91. The fourth-order valence-electron chi connectivity index (χ4n) is 2.73. The maximum absolute atomic E-state index is 12.4. The van der Waals surface area contributed by atoms with Crippen LogP contribution >= 0.6 is 0 Å². The standard InChI is InChI=1S/C19H14F3N5O/c20-19(21,22)28-14-5-3-4-13(10-14)11-24-17-15-6-1-2-7-16(15)25-18(26-17)27-9-8-23-12-27/h1-10,12H,11H2,(H,24,25,26). The molecule has 1 N–H and O–H groups in total. The summed E-state index contributed by atoms with van der Waals surface area (Å²) in [4.78, 5) is 13.0. The first-order chi connectivity index (χ1) is 13.5. The van der Waals surface area contributed by atoms with Gasteiger partial charge in [-0.05, 0) is 29.8 Å². The normalized spacial score (nSPS) is 11.5. The minimum atomic E-state index is -4.73. The van der Waals surface area contributed by atoms with Gasteiger partial charge in [-0.3, -0.25) is 4.57 Å². The maximum atomic E-state index is 12.4. The van der Waals surface area contributed by atoms with Crippen LogP contribution in [0.2, 0.25) is 0 Å². The van der Waals surface area contributed by atoms with Crippen LogP contribution in [0.1, 0.15) is 5.56 Å². The third-order valence-electron chi connectivity index (χ3n) is 3.92. The average Bonchev–Trinajstić information content (AvgIpc) is 3.20. The van der Waals surface area contributed by atoms with Gasteiger partial charge >= 0.3 is 6.36 Å². The first-order valence-corrected chi connectivity index (χ1v) is 8.32. The molecule has 4 aromatic rings. The summed E-state index contributed by atoms with van der Waals surface area (Å²) < 4.78 is 42.9. The number of benzene rings is 2. The number of nitrogens with zero attached hydrogens (tertiary/aromatic N) is 4. The van der Waals surface area contributed by atoms with E-state index in [0.717, 1.165) is 10.9 Å².